The van der Waals surface area contributed by atoms with Gasteiger partial charge in [-0.1, -0.05) is 17.7 Å². The molecule has 0 radical (unpaired) electrons. The fraction of sp³-hybridized carbons (Fsp3) is 0.833. The molecule has 62 valence electrons. The molecule has 0 bridgehead atoms. The SMILES string of the molecule is CCCCNC.NC(=S)[S-].[Na+]. The minimum atomic E-state index is 0. The van der Waals surface area contributed by atoms with E-state index in [0.29, 0.717) is 0 Å². The molecule has 3 N–H and O–H groups in total. The maximum atomic E-state index is 4.66. The molecular formula is C6H15N2NaS2. The predicted octanol–water partition coefficient (Wildman–Crippen LogP) is -2.21. The first-order valence-electron chi connectivity index (χ1n) is 3.26. The van der Waals surface area contributed by atoms with Crippen LogP contribution < -0.4 is 40.6 Å². The van der Waals surface area contributed by atoms with E-state index in [1.165, 1.54) is 12.8 Å². The first-order valence-corrected chi connectivity index (χ1v) is 4.07. The molecule has 0 spiro atoms. The monoisotopic (exact) mass is 202 g/mol. The Bertz CT molecular complexity index is 73.0. The second kappa shape index (κ2) is 17.2. The minimum absolute atomic E-state index is 0. The molecule has 0 aromatic heterocycles. The van der Waals surface area contributed by atoms with Crippen molar-refractivity contribution in [3.05, 3.63) is 0 Å². The average molecular weight is 202 g/mol. The molecule has 0 atom stereocenters. The summed E-state index contributed by atoms with van der Waals surface area (Å²) in [7, 11) is 1.98. The van der Waals surface area contributed by atoms with Gasteiger partial charge >= 0.3 is 29.6 Å². The van der Waals surface area contributed by atoms with Gasteiger partial charge in [-0.2, -0.15) is 0 Å². The molecular weight excluding hydrogens is 187 g/mol. The zero-order valence-electron chi connectivity index (χ0n) is 7.52. The summed E-state index contributed by atoms with van der Waals surface area (Å²) in [6.07, 6.45) is 2.59. The summed E-state index contributed by atoms with van der Waals surface area (Å²) in [5.74, 6) is 0. The Morgan fingerprint density at radius 2 is 2.00 bits per heavy atom. The van der Waals surface area contributed by atoms with Crippen LogP contribution in [0, 0.1) is 0 Å². The summed E-state index contributed by atoms with van der Waals surface area (Å²) >= 11 is 8.26. The number of nitrogens with one attached hydrogen (secondary N) is 1. The van der Waals surface area contributed by atoms with E-state index >= 15 is 0 Å². The molecule has 0 fully saturated rings. The standard InChI is InChI=1S/C5H13N.CH3NS2.Na/c1-3-4-5-6-2;2-1(3)4;/h6H,3-5H2,1-2H3;(H3,2,3,4);/q;;+1/p-1. The van der Waals surface area contributed by atoms with Gasteiger partial charge in [-0.25, -0.2) is 0 Å². The maximum absolute atomic E-state index is 4.66. The smallest absolute Gasteiger partial charge is 0.415 e. The van der Waals surface area contributed by atoms with Gasteiger partial charge in [-0.3, -0.25) is 0 Å². The summed E-state index contributed by atoms with van der Waals surface area (Å²) in [5.41, 5.74) is 4.66. The molecule has 0 rings (SSSR count). The third-order valence-electron chi connectivity index (χ3n) is 0.780. The van der Waals surface area contributed by atoms with Crippen LogP contribution in [0.3, 0.4) is 0 Å². The van der Waals surface area contributed by atoms with Crippen LogP contribution in [0.4, 0.5) is 0 Å². The third-order valence-corrected chi connectivity index (χ3v) is 0.780. The Balaban J connectivity index is -0.000000114. The number of nitrogens with two attached hydrogens (primary N) is 1. The van der Waals surface area contributed by atoms with E-state index in [2.05, 4.69) is 42.8 Å². The summed E-state index contributed by atoms with van der Waals surface area (Å²) in [5, 5.41) is 3.07. The molecule has 0 heterocycles. The van der Waals surface area contributed by atoms with Crippen LogP contribution in [0.5, 0.6) is 0 Å². The summed E-state index contributed by atoms with van der Waals surface area (Å²) < 4.78 is 0.0833. The van der Waals surface area contributed by atoms with Crippen molar-refractivity contribution < 1.29 is 29.6 Å². The van der Waals surface area contributed by atoms with Gasteiger partial charge in [0, 0.05) is 0 Å². The van der Waals surface area contributed by atoms with Crippen LogP contribution in [-0.2, 0) is 12.6 Å². The molecule has 0 saturated carbocycles. The van der Waals surface area contributed by atoms with Gasteiger partial charge in [0.05, 0.1) is 0 Å². The molecule has 0 saturated heterocycles. The first-order chi connectivity index (χ1) is 4.65. The van der Waals surface area contributed by atoms with E-state index in [1.54, 1.807) is 0 Å². The average Bonchev–Trinajstić information content (AvgIpc) is 1.82. The predicted molar refractivity (Wildman–Crippen MR) is 53.0 cm³/mol. The topological polar surface area (TPSA) is 38.0 Å². The fourth-order valence-corrected chi connectivity index (χ4v) is 0.354. The molecule has 11 heavy (non-hydrogen) atoms. The fourth-order valence-electron chi connectivity index (χ4n) is 0.354. The molecule has 0 aliphatic rings. The van der Waals surface area contributed by atoms with Crippen LogP contribution in [0.1, 0.15) is 19.8 Å². The molecule has 0 aromatic rings. The van der Waals surface area contributed by atoms with Gasteiger partial charge in [0.15, 0.2) is 0 Å². The van der Waals surface area contributed by atoms with E-state index < -0.39 is 0 Å². The van der Waals surface area contributed by atoms with Gasteiger partial charge in [0.25, 0.3) is 0 Å². The Morgan fingerprint density at radius 3 is 2.09 bits per heavy atom. The molecule has 0 unspecified atom stereocenters. The van der Waals surface area contributed by atoms with Gasteiger partial charge in [-0.15, -0.1) is 0 Å². The van der Waals surface area contributed by atoms with Crippen molar-refractivity contribution in [2.24, 2.45) is 5.73 Å². The van der Waals surface area contributed by atoms with E-state index in [-0.39, 0.29) is 33.9 Å². The Kier molecular flexibility index (Phi) is 28.2. The van der Waals surface area contributed by atoms with Crippen molar-refractivity contribution in [3.63, 3.8) is 0 Å². The quantitative estimate of drug-likeness (QED) is 0.235. The Hall–Kier alpha value is 1.07. The molecule has 0 aliphatic carbocycles. The van der Waals surface area contributed by atoms with Crippen molar-refractivity contribution in [1.82, 2.24) is 5.32 Å². The van der Waals surface area contributed by atoms with Crippen LogP contribution >= 0.6 is 12.2 Å². The third kappa shape index (κ3) is 55.0. The first kappa shape index (κ1) is 18.0. The van der Waals surface area contributed by atoms with E-state index in [4.69, 9.17) is 0 Å². The molecule has 5 heteroatoms. The molecule has 0 aliphatic heterocycles. The zero-order chi connectivity index (χ0) is 8.41. The minimum Gasteiger partial charge on any atom is -0.415 e. The molecule has 2 nitrogen and oxygen atoms in total. The molecule has 0 aromatic carbocycles. The number of hydrogen-bond donors (Lipinski definition) is 2. The maximum Gasteiger partial charge on any atom is 1.00 e. The summed E-state index contributed by atoms with van der Waals surface area (Å²) in [6, 6.07) is 0. The van der Waals surface area contributed by atoms with E-state index in [1.807, 2.05) is 7.05 Å². The summed E-state index contributed by atoms with van der Waals surface area (Å²) in [4.78, 5) is 0. The second-order valence-corrected chi connectivity index (χ2v) is 2.91. The van der Waals surface area contributed by atoms with Crippen LogP contribution in [0.25, 0.3) is 0 Å². The number of rotatable bonds is 3. The van der Waals surface area contributed by atoms with Crippen molar-refractivity contribution >= 4 is 29.2 Å². The van der Waals surface area contributed by atoms with Gasteiger partial charge in [0.1, 0.15) is 0 Å². The normalized spacial score (nSPS) is 7.09. The van der Waals surface area contributed by atoms with Gasteiger partial charge < -0.3 is 35.9 Å². The second-order valence-electron chi connectivity index (χ2n) is 1.78. The Morgan fingerprint density at radius 1 is 1.64 bits per heavy atom. The van der Waals surface area contributed by atoms with Crippen molar-refractivity contribution in [2.75, 3.05) is 13.6 Å². The number of thiocarbonyl (C=S) groups is 1. The van der Waals surface area contributed by atoms with E-state index in [9.17, 15) is 0 Å². The zero-order valence-corrected chi connectivity index (χ0v) is 11.1. The largest absolute Gasteiger partial charge is 1.00 e. The van der Waals surface area contributed by atoms with Crippen molar-refractivity contribution in [1.29, 1.82) is 0 Å². The van der Waals surface area contributed by atoms with E-state index in [0.717, 1.165) is 6.54 Å². The number of hydrogen-bond acceptors (Lipinski definition) is 3. The summed E-state index contributed by atoms with van der Waals surface area (Å²) in [6.45, 7) is 3.36. The van der Waals surface area contributed by atoms with Crippen molar-refractivity contribution in [3.8, 4) is 0 Å². The van der Waals surface area contributed by atoms with Crippen LogP contribution in [0.2, 0.25) is 0 Å². The van der Waals surface area contributed by atoms with Gasteiger partial charge in [0.2, 0.25) is 0 Å². The van der Waals surface area contributed by atoms with Gasteiger partial charge in [-0.05, 0) is 20.0 Å². The van der Waals surface area contributed by atoms with Crippen molar-refractivity contribution in [2.45, 2.75) is 19.8 Å². The van der Waals surface area contributed by atoms with Crippen LogP contribution in [0.15, 0.2) is 0 Å². The number of unbranched alkanes of at least 4 members (excludes halogenated alkanes) is 1. The Labute approximate surface area is 102 Å². The van der Waals surface area contributed by atoms with Crippen LogP contribution in [-0.4, -0.2) is 17.9 Å². The molecule has 0 amide bonds.